The molecule has 2 heterocycles. The summed E-state index contributed by atoms with van der Waals surface area (Å²) in [5.74, 6) is 1.66. The van der Waals surface area contributed by atoms with Crippen LogP contribution in [0.25, 0.3) is 6.08 Å². The zero-order chi connectivity index (χ0) is 22.2. The Labute approximate surface area is 193 Å². The largest absolute Gasteiger partial charge is 0.478 e. The fraction of sp³-hybridized carbons (Fsp3) is 0.222. The second-order valence-corrected chi connectivity index (χ2v) is 8.67. The first-order chi connectivity index (χ1) is 15.5. The van der Waals surface area contributed by atoms with E-state index in [4.69, 9.17) is 21.1 Å². The molecule has 0 radical (unpaired) electrons. The molecule has 0 N–H and O–H groups in total. The summed E-state index contributed by atoms with van der Waals surface area (Å²) in [6, 6.07) is 17.9. The minimum atomic E-state index is -0.0805. The van der Waals surface area contributed by atoms with E-state index in [1.165, 1.54) is 5.56 Å². The van der Waals surface area contributed by atoms with Crippen molar-refractivity contribution >= 4 is 23.5 Å². The topological polar surface area (TPSA) is 38.8 Å². The molecule has 0 aliphatic carbocycles. The molecule has 0 atom stereocenters. The molecule has 0 spiro atoms. The first-order valence-electron chi connectivity index (χ1n) is 10.8. The Morgan fingerprint density at radius 2 is 1.91 bits per heavy atom. The maximum Gasteiger partial charge on any atom is 0.232 e. The van der Waals surface area contributed by atoms with Gasteiger partial charge in [-0.15, -0.1) is 0 Å². The number of hydrogen-bond acceptors (Lipinski definition) is 4. The molecule has 4 nitrogen and oxygen atoms in total. The number of rotatable bonds is 4. The number of hydrogen-bond donors (Lipinski definition) is 0. The maximum atomic E-state index is 13.2. The van der Waals surface area contributed by atoms with Crippen molar-refractivity contribution in [3.8, 4) is 11.5 Å². The lowest BCUT2D eigenvalue weighted by Crippen LogP contribution is -2.32. The molecule has 3 aromatic rings. The average molecular weight is 446 g/mol. The quantitative estimate of drug-likeness (QED) is 0.449. The number of nitrogens with zero attached hydrogens (tertiary/aromatic N) is 1. The first-order valence-corrected chi connectivity index (χ1v) is 11.2. The van der Waals surface area contributed by atoms with Gasteiger partial charge < -0.3 is 9.47 Å². The van der Waals surface area contributed by atoms with Gasteiger partial charge in [0.25, 0.3) is 0 Å². The third kappa shape index (κ3) is 3.81. The molecule has 32 heavy (non-hydrogen) atoms. The van der Waals surface area contributed by atoms with E-state index in [9.17, 15) is 4.79 Å². The predicted octanol–water partition coefficient (Wildman–Crippen LogP) is 6.18. The van der Waals surface area contributed by atoms with Gasteiger partial charge in [0, 0.05) is 18.1 Å². The second kappa shape index (κ2) is 8.45. The minimum absolute atomic E-state index is 0.0805. The summed E-state index contributed by atoms with van der Waals surface area (Å²) < 4.78 is 12.2. The van der Waals surface area contributed by atoms with Gasteiger partial charge in [-0.3, -0.25) is 9.69 Å². The first kappa shape index (κ1) is 20.8. The minimum Gasteiger partial charge on any atom is -0.478 e. The number of allylic oxidation sites excluding steroid dienone is 1. The number of halogens is 1. The Morgan fingerprint density at radius 1 is 1.12 bits per heavy atom. The maximum absolute atomic E-state index is 13.2. The van der Waals surface area contributed by atoms with E-state index in [1.54, 1.807) is 0 Å². The summed E-state index contributed by atoms with van der Waals surface area (Å²) in [5, 5.41) is 0.734. The summed E-state index contributed by atoms with van der Waals surface area (Å²) in [5.41, 5.74) is 5.65. The van der Waals surface area contributed by atoms with Gasteiger partial charge in [0.2, 0.25) is 5.78 Å². The molecule has 5 rings (SSSR count). The van der Waals surface area contributed by atoms with E-state index in [1.807, 2.05) is 55.5 Å². The third-order valence-electron chi connectivity index (χ3n) is 6.03. The lowest BCUT2D eigenvalue weighted by Gasteiger charge is -2.30. The van der Waals surface area contributed by atoms with Crippen LogP contribution in [0.2, 0.25) is 5.02 Å². The van der Waals surface area contributed by atoms with Gasteiger partial charge in [0.1, 0.15) is 18.2 Å². The SMILES string of the molecule is CCc1ccc(/C=C2\Oc3c4c(cc(C)c3C2=O)OCN(Cc2ccccc2Cl)C4)cc1. The van der Waals surface area contributed by atoms with Crippen molar-refractivity contribution in [2.45, 2.75) is 33.4 Å². The van der Waals surface area contributed by atoms with Gasteiger partial charge in [0.05, 0.1) is 11.1 Å². The van der Waals surface area contributed by atoms with Crippen LogP contribution in [-0.2, 0) is 19.5 Å². The molecule has 0 unspecified atom stereocenters. The van der Waals surface area contributed by atoms with Gasteiger partial charge in [-0.05, 0) is 53.8 Å². The van der Waals surface area contributed by atoms with Gasteiger partial charge in [-0.2, -0.15) is 0 Å². The lowest BCUT2D eigenvalue weighted by molar-refractivity contribution is 0.0872. The number of fused-ring (bicyclic) bond motifs is 3. The van der Waals surface area contributed by atoms with Crippen LogP contribution in [0.4, 0.5) is 0 Å². The molecule has 162 valence electrons. The molecule has 3 aromatic carbocycles. The zero-order valence-electron chi connectivity index (χ0n) is 18.2. The molecule has 0 bridgehead atoms. The molecule has 0 amide bonds. The van der Waals surface area contributed by atoms with Gasteiger partial charge in [0.15, 0.2) is 5.76 Å². The van der Waals surface area contributed by atoms with Crippen molar-refractivity contribution in [1.29, 1.82) is 0 Å². The van der Waals surface area contributed by atoms with E-state index in [0.29, 0.717) is 36.9 Å². The molecule has 2 aliphatic rings. The summed E-state index contributed by atoms with van der Waals surface area (Å²) >= 11 is 6.35. The Balaban J connectivity index is 1.45. The van der Waals surface area contributed by atoms with Gasteiger partial charge in [-0.25, -0.2) is 0 Å². The Hall–Kier alpha value is -3.08. The van der Waals surface area contributed by atoms with Crippen molar-refractivity contribution in [3.05, 3.63) is 98.8 Å². The molecule has 0 saturated heterocycles. The van der Waals surface area contributed by atoms with Crippen LogP contribution in [0.5, 0.6) is 11.5 Å². The summed E-state index contributed by atoms with van der Waals surface area (Å²) in [4.78, 5) is 15.3. The highest BCUT2D eigenvalue weighted by Gasteiger charge is 2.35. The normalized spacial score (nSPS) is 16.5. The van der Waals surface area contributed by atoms with Crippen molar-refractivity contribution in [2.24, 2.45) is 0 Å². The standard InChI is InChI=1S/C27H24ClNO3/c1-3-18-8-10-19(11-9-18)13-24-26(30)25-17(2)12-23-21(27(25)32-24)15-29(16-31-23)14-20-6-4-5-7-22(20)28/h4-13H,3,14-16H2,1-2H3/b24-13-. The van der Waals surface area contributed by atoms with E-state index in [0.717, 1.165) is 39.4 Å². The van der Waals surface area contributed by atoms with Gasteiger partial charge in [-0.1, -0.05) is 61.0 Å². The Morgan fingerprint density at radius 3 is 2.66 bits per heavy atom. The highest BCUT2D eigenvalue weighted by atomic mass is 35.5. The highest BCUT2D eigenvalue weighted by molar-refractivity contribution is 6.31. The number of carbonyl (C=O) groups is 1. The van der Waals surface area contributed by atoms with Crippen LogP contribution in [-0.4, -0.2) is 17.4 Å². The van der Waals surface area contributed by atoms with Crippen molar-refractivity contribution < 1.29 is 14.3 Å². The van der Waals surface area contributed by atoms with Crippen LogP contribution in [0.1, 0.15) is 45.1 Å². The second-order valence-electron chi connectivity index (χ2n) is 8.26. The molecule has 2 aliphatic heterocycles. The number of ether oxygens (including phenoxy) is 2. The number of benzene rings is 3. The van der Waals surface area contributed by atoms with E-state index >= 15 is 0 Å². The predicted molar refractivity (Wildman–Crippen MR) is 126 cm³/mol. The number of aryl methyl sites for hydroxylation is 2. The third-order valence-corrected chi connectivity index (χ3v) is 6.39. The molecular formula is C27H24ClNO3. The van der Waals surface area contributed by atoms with Crippen molar-refractivity contribution in [2.75, 3.05) is 6.73 Å². The average Bonchev–Trinajstić information content (AvgIpc) is 3.13. The van der Waals surface area contributed by atoms with E-state index in [2.05, 4.69) is 24.0 Å². The monoisotopic (exact) mass is 445 g/mol. The lowest BCUT2D eigenvalue weighted by atomic mass is 9.98. The summed E-state index contributed by atoms with van der Waals surface area (Å²) in [7, 11) is 0. The molecule has 0 aromatic heterocycles. The van der Waals surface area contributed by atoms with Crippen LogP contribution in [0.3, 0.4) is 0 Å². The summed E-state index contributed by atoms with van der Waals surface area (Å²) in [6.45, 7) is 5.78. The fourth-order valence-electron chi connectivity index (χ4n) is 4.25. The van der Waals surface area contributed by atoms with E-state index in [-0.39, 0.29) is 5.78 Å². The van der Waals surface area contributed by atoms with Gasteiger partial charge >= 0.3 is 0 Å². The summed E-state index contributed by atoms with van der Waals surface area (Å²) in [6.07, 6.45) is 2.80. The van der Waals surface area contributed by atoms with E-state index < -0.39 is 0 Å². The van der Waals surface area contributed by atoms with Crippen LogP contribution in [0, 0.1) is 6.92 Å². The fourth-order valence-corrected chi connectivity index (χ4v) is 4.44. The van der Waals surface area contributed by atoms with Crippen LogP contribution < -0.4 is 9.47 Å². The van der Waals surface area contributed by atoms with Crippen LogP contribution in [0.15, 0.2) is 60.4 Å². The molecule has 0 fully saturated rings. The Kier molecular flexibility index (Phi) is 5.50. The van der Waals surface area contributed by atoms with Crippen molar-refractivity contribution in [1.82, 2.24) is 4.90 Å². The molecule has 0 saturated carbocycles. The zero-order valence-corrected chi connectivity index (χ0v) is 18.9. The number of ketones is 1. The van der Waals surface area contributed by atoms with Crippen molar-refractivity contribution in [3.63, 3.8) is 0 Å². The Bertz CT molecular complexity index is 1230. The van der Waals surface area contributed by atoms with Crippen LogP contribution >= 0.6 is 11.6 Å². The molecular weight excluding hydrogens is 422 g/mol. The number of carbonyl (C=O) groups excluding carboxylic acids is 1. The smallest absolute Gasteiger partial charge is 0.232 e. The molecule has 5 heteroatoms. The highest BCUT2D eigenvalue weighted by Crippen LogP contribution is 2.44. The number of Topliss-reactive ketones (excluding diaryl/α,β-unsaturated/α-hetero) is 1.